The molecule has 2 atom stereocenters. The van der Waals surface area contributed by atoms with E-state index < -0.39 is 0 Å². The lowest BCUT2D eigenvalue weighted by molar-refractivity contribution is 0.0907. The molecule has 1 aromatic rings. The Labute approximate surface area is 158 Å². The molecule has 3 N–H and O–H groups in total. The summed E-state index contributed by atoms with van der Waals surface area (Å²) in [6.07, 6.45) is 4.40. The highest BCUT2D eigenvalue weighted by molar-refractivity contribution is 9.10. The highest BCUT2D eigenvalue weighted by Crippen LogP contribution is 2.36. The number of nitrogens with two attached hydrogens (primary N) is 1. The van der Waals surface area contributed by atoms with Gasteiger partial charge < -0.3 is 20.5 Å². The Bertz CT molecular complexity index is 557. The van der Waals surface area contributed by atoms with Gasteiger partial charge in [0.25, 0.3) is 5.91 Å². The first kappa shape index (κ1) is 21.1. The third kappa shape index (κ3) is 5.01. The van der Waals surface area contributed by atoms with Crippen molar-refractivity contribution in [1.29, 1.82) is 0 Å². The van der Waals surface area contributed by atoms with Crippen LogP contribution in [0.15, 0.2) is 16.6 Å². The summed E-state index contributed by atoms with van der Waals surface area (Å²) in [5, 5.41) is 3.13. The zero-order chi connectivity index (χ0) is 16.8. The summed E-state index contributed by atoms with van der Waals surface area (Å²) in [5.74, 6) is 1.42. The van der Waals surface area contributed by atoms with Crippen LogP contribution in [0.5, 0.6) is 11.5 Å². The molecule has 1 saturated carbocycles. The van der Waals surface area contributed by atoms with Gasteiger partial charge in [-0.3, -0.25) is 4.79 Å². The van der Waals surface area contributed by atoms with Gasteiger partial charge in [-0.25, -0.2) is 0 Å². The number of nitrogens with one attached hydrogen (secondary N) is 1. The zero-order valence-corrected chi connectivity index (χ0v) is 16.5. The normalized spacial score (nSPS) is 20.0. The van der Waals surface area contributed by atoms with Crippen LogP contribution in [-0.4, -0.2) is 32.2 Å². The number of ether oxygens (including phenoxy) is 2. The lowest BCUT2D eigenvalue weighted by Gasteiger charge is -2.31. The molecule has 0 spiro atoms. The Kier molecular flexibility index (Phi) is 8.87. The molecule has 0 aromatic heterocycles. The van der Waals surface area contributed by atoms with Crippen LogP contribution in [0.25, 0.3) is 0 Å². The molecule has 7 heteroatoms. The van der Waals surface area contributed by atoms with Gasteiger partial charge in [0.1, 0.15) is 0 Å². The molecule has 0 aliphatic heterocycles. The Hall–Kier alpha value is -0.980. The molecular weight excluding hydrogens is 396 g/mol. The van der Waals surface area contributed by atoms with E-state index in [9.17, 15) is 4.79 Å². The van der Waals surface area contributed by atoms with Crippen molar-refractivity contribution in [3.8, 4) is 11.5 Å². The number of halogens is 2. The van der Waals surface area contributed by atoms with Gasteiger partial charge in [-0.05, 0) is 60.3 Å². The second-order valence-corrected chi connectivity index (χ2v) is 6.64. The van der Waals surface area contributed by atoms with E-state index >= 15 is 0 Å². The van der Waals surface area contributed by atoms with E-state index in [-0.39, 0.29) is 24.4 Å². The second-order valence-electron chi connectivity index (χ2n) is 5.78. The third-order valence-corrected chi connectivity index (χ3v) is 4.90. The summed E-state index contributed by atoms with van der Waals surface area (Å²) in [5.41, 5.74) is 6.39. The molecule has 0 radical (unpaired) electrons. The van der Waals surface area contributed by atoms with Crippen LogP contribution in [0.1, 0.15) is 43.0 Å². The van der Waals surface area contributed by atoms with Crippen molar-refractivity contribution in [3.63, 3.8) is 0 Å². The van der Waals surface area contributed by atoms with Crippen molar-refractivity contribution < 1.29 is 14.3 Å². The highest BCUT2D eigenvalue weighted by Gasteiger charge is 2.26. The monoisotopic (exact) mass is 420 g/mol. The fraction of sp³-hybridized carbons (Fsp3) is 0.588. The van der Waals surface area contributed by atoms with Gasteiger partial charge in [0.15, 0.2) is 11.5 Å². The Morgan fingerprint density at radius 2 is 2.08 bits per heavy atom. The van der Waals surface area contributed by atoms with Gasteiger partial charge in [-0.2, -0.15) is 0 Å². The van der Waals surface area contributed by atoms with Crippen LogP contribution in [0.3, 0.4) is 0 Å². The highest BCUT2D eigenvalue weighted by atomic mass is 79.9. The number of hydrogen-bond acceptors (Lipinski definition) is 4. The van der Waals surface area contributed by atoms with Crippen LogP contribution in [0.2, 0.25) is 0 Å². The summed E-state index contributed by atoms with van der Waals surface area (Å²) in [4.78, 5) is 12.6. The number of carbonyl (C=O) groups excluding carboxylic acids is 1. The molecule has 0 bridgehead atoms. The molecule has 1 amide bonds. The average Bonchev–Trinajstić information content (AvgIpc) is 2.57. The maximum absolute atomic E-state index is 12.6. The van der Waals surface area contributed by atoms with E-state index in [1.54, 1.807) is 19.2 Å². The summed E-state index contributed by atoms with van der Waals surface area (Å²) >= 11 is 3.45. The fourth-order valence-corrected chi connectivity index (χ4v) is 3.62. The second kappa shape index (κ2) is 10.1. The van der Waals surface area contributed by atoms with Crippen LogP contribution in [0.4, 0.5) is 0 Å². The predicted molar refractivity (Wildman–Crippen MR) is 101 cm³/mol. The summed E-state index contributed by atoms with van der Waals surface area (Å²) in [6, 6.07) is 3.63. The number of carbonyl (C=O) groups is 1. The molecule has 24 heavy (non-hydrogen) atoms. The van der Waals surface area contributed by atoms with E-state index in [0.29, 0.717) is 40.6 Å². The minimum absolute atomic E-state index is 0. The number of methoxy groups -OCH3 is 1. The van der Waals surface area contributed by atoms with Crippen molar-refractivity contribution in [2.45, 2.75) is 38.6 Å². The SMILES string of the molecule is CCOc1c(Br)cc(C(=O)NC2CCCCC2CN)cc1OC.Cl. The lowest BCUT2D eigenvalue weighted by atomic mass is 9.84. The summed E-state index contributed by atoms with van der Waals surface area (Å²) < 4.78 is 11.6. The third-order valence-electron chi connectivity index (χ3n) is 4.31. The molecular formula is C17H26BrClN2O3. The van der Waals surface area contributed by atoms with Crippen LogP contribution >= 0.6 is 28.3 Å². The first-order valence-corrected chi connectivity index (χ1v) is 8.91. The van der Waals surface area contributed by atoms with Gasteiger partial charge in [0.2, 0.25) is 0 Å². The number of benzene rings is 1. The molecule has 1 aliphatic rings. The van der Waals surface area contributed by atoms with E-state index in [1.807, 2.05) is 6.92 Å². The quantitative estimate of drug-likeness (QED) is 0.737. The molecule has 1 aromatic carbocycles. The predicted octanol–water partition coefficient (Wildman–Crippen LogP) is 3.53. The number of amides is 1. The van der Waals surface area contributed by atoms with Gasteiger partial charge in [0.05, 0.1) is 18.2 Å². The number of hydrogen-bond donors (Lipinski definition) is 2. The van der Waals surface area contributed by atoms with Crippen LogP contribution < -0.4 is 20.5 Å². The minimum Gasteiger partial charge on any atom is -0.493 e. The Morgan fingerprint density at radius 3 is 2.71 bits per heavy atom. The van der Waals surface area contributed by atoms with Crippen molar-refractivity contribution in [3.05, 3.63) is 22.2 Å². The Morgan fingerprint density at radius 1 is 1.38 bits per heavy atom. The van der Waals surface area contributed by atoms with Crippen LogP contribution in [-0.2, 0) is 0 Å². The smallest absolute Gasteiger partial charge is 0.251 e. The largest absolute Gasteiger partial charge is 0.493 e. The number of rotatable bonds is 6. The fourth-order valence-electron chi connectivity index (χ4n) is 3.07. The molecule has 136 valence electrons. The topological polar surface area (TPSA) is 73.6 Å². The molecule has 0 saturated heterocycles. The summed E-state index contributed by atoms with van der Waals surface area (Å²) in [6.45, 7) is 3.05. The average molecular weight is 422 g/mol. The zero-order valence-electron chi connectivity index (χ0n) is 14.1. The van der Waals surface area contributed by atoms with E-state index in [0.717, 1.165) is 19.3 Å². The van der Waals surface area contributed by atoms with E-state index in [4.69, 9.17) is 15.2 Å². The first-order chi connectivity index (χ1) is 11.1. The van der Waals surface area contributed by atoms with Crippen molar-refractivity contribution >= 4 is 34.2 Å². The molecule has 2 rings (SSSR count). The maximum atomic E-state index is 12.6. The molecule has 2 unspecified atom stereocenters. The molecule has 0 heterocycles. The summed E-state index contributed by atoms with van der Waals surface area (Å²) in [7, 11) is 1.57. The lowest BCUT2D eigenvalue weighted by Crippen LogP contribution is -2.44. The minimum atomic E-state index is -0.0996. The van der Waals surface area contributed by atoms with Gasteiger partial charge in [-0.1, -0.05) is 12.8 Å². The van der Waals surface area contributed by atoms with Gasteiger partial charge in [-0.15, -0.1) is 12.4 Å². The molecule has 1 fully saturated rings. The van der Waals surface area contributed by atoms with E-state index in [2.05, 4.69) is 21.2 Å². The first-order valence-electron chi connectivity index (χ1n) is 8.12. The Balaban J connectivity index is 0.00000288. The molecule has 1 aliphatic carbocycles. The van der Waals surface area contributed by atoms with Crippen molar-refractivity contribution in [2.75, 3.05) is 20.3 Å². The van der Waals surface area contributed by atoms with Gasteiger partial charge in [0, 0.05) is 11.6 Å². The van der Waals surface area contributed by atoms with Crippen molar-refractivity contribution in [1.82, 2.24) is 5.32 Å². The maximum Gasteiger partial charge on any atom is 0.251 e. The van der Waals surface area contributed by atoms with Crippen LogP contribution in [0, 0.1) is 5.92 Å². The molecule has 5 nitrogen and oxygen atoms in total. The van der Waals surface area contributed by atoms with E-state index in [1.165, 1.54) is 6.42 Å². The van der Waals surface area contributed by atoms with Gasteiger partial charge >= 0.3 is 0 Å². The standard InChI is InChI=1S/C17H25BrN2O3.ClH/c1-3-23-16-13(18)8-12(9-15(16)22-2)17(21)20-14-7-5-4-6-11(14)10-19;/h8-9,11,14H,3-7,10,19H2,1-2H3,(H,20,21);1H. The van der Waals surface area contributed by atoms with Crippen molar-refractivity contribution in [2.24, 2.45) is 11.7 Å².